The minimum Gasteiger partial charge on any atom is -0.381 e. The highest BCUT2D eigenvalue weighted by Gasteiger charge is 2.49. The third-order valence-corrected chi connectivity index (χ3v) is 4.90. The largest absolute Gasteiger partial charge is 0.534 e. The molecule has 2 aliphatic rings. The Labute approximate surface area is 122 Å². The number of hydrogen-bond acceptors (Lipinski definition) is 5. The van der Waals surface area contributed by atoms with E-state index in [0.717, 1.165) is 25.9 Å². The van der Waals surface area contributed by atoms with E-state index >= 15 is 0 Å². The van der Waals surface area contributed by atoms with Crippen molar-refractivity contribution in [1.82, 2.24) is 9.80 Å². The molecular formula is C12H19F3N2O3S. The highest BCUT2D eigenvalue weighted by atomic mass is 32.2. The van der Waals surface area contributed by atoms with Gasteiger partial charge in [-0.2, -0.15) is 21.6 Å². The lowest BCUT2D eigenvalue weighted by molar-refractivity contribution is -0.0525. The first-order chi connectivity index (χ1) is 9.69. The molecule has 1 fully saturated rings. The van der Waals surface area contributed by atoms with Crippen molar-refractivity contribution in [2.24, 2.45) is 0 Å². The van der Waals surface area contributed by atoms with Crippen LogP contribution in [0, 0.1) is 0 Å². The molecule has 0 spiro atoms. The summed E-state index contributed by atoms with van der Waals surface area (Å²) in [5.41, 5.74) is -5.38. The summed E-state index contributed by atoms with van der Waals surface area (Å²) in [7, 11) is -3.48. The highest BCUT2D eigenvalue weighted by molar-refractivity contribution is 7.87. The summed E-state index contributed by atoms with van der Waals surface area (Å²) in [4.78, 5) is 4.40. The van der Waals surface area contributed by atoms with Crippen molar-refractivity contribution in [3.63, 3.8) is 0 Å². The molecule has 0 aromatic rings. The first-order valence-corrected chi connectivity index (χ1v) is 8.22. The molecule has 0 atom stereocenters. The number of piperidine rings is 1. The van der Waals surface area contributed by atoms with Crippen molar-refractivity contribution in [1.29, 1.82) is 0 Å². The van der Waals surface area contributed by atoms with Crippen LogP contribution in [-0.2, 0) is 14.3 Å². The summed E-state index contributed by atoms with van der Waals surface area (Å²) in [6, 6.07) is 0.401. The van der Waals surface area contributed by atoms with Crippen molar-refractivity contribution in [2.45, 2.75) is 30.8 Å². The number of halogens is 3. The Bertz CT molecular complexity index is 496. The van der Waals surface area contributed by atoms with Gasteiger partial charge in [-0.1, -0.05) is 0 Å². The van der Waals surface area contributed by atoms with Crippen LogP contribution in [0.3, 0.4) is 0 Å². The summed E-state index contributed by atoms with van der Waals surface area (Å²) < 4.78 is 62.7. The van der Waals surface area contributed by atoms with Crippen LogP contribution in [0.15, 0.2) is 11.8 Å². The van der Waals surface area contributed by atoms with Gasteiger partial charge < -0.3 is 9.08 Å². The molecule has 0 N–H and O–H groups in total. The molecule has 0 amide bonds. The number of nitrogens with zero attached hydrogens (tertiary/aromatic N) is 2. The van der Waals surface area contributed by atoms with E-state index < -0.39 is 15.6 Å². The van der Waals surface area contributed by atoms with Gasteiger partial charge in [0.05, 0.1) is 0 Å². The normalized spacial score (nSPS) is 23.9. The monoisotopic (exact) mass is 328 g/mol. The van der Waals surface area contributed by atoms with E-state index in [1.165, 1.54) is 6.08 Å². The van der Waals surface area contributed by atoms with Crippen LogP contribution >= 0.6 is 0 Å². The Morgan fingerprint density at radius 1 is 1.24 bits per heavy atom. The SMILES string of the molecule is CN1CCC(N2CC=C(OS(=O)(=O)C(F)(F)F)CC2)CC1. The maximum Gasteiger partial charge on any atom is 0.534 e. The van der Waals surface area contributed by atoms with E-state index in [0.29, 0.717) is 19.1 Å². The molecule has 2 heterocycles. The number of rotatable bonds is 3. The lowest BCUT2D eigenvalue weighted by Crippen LogP contribution is -2.45. The summed E-state index contributed by atoms with van der Waals surface area (Å²) in [6.07, 6.45) is 3.65. The van der Waals surface area contributed by atoms with Crippen LogP contribution in [0.5, 0.6) is 0 Å². The number of alkyl halides is 3. The highest BCUT2D eigenvalue weighted by Crippen LogP contribution is 2.29. The topological polar surface area (TPSA) is 49.9 Å². The van der Waals surface area contributed by atoms with E-state index in [-0.39, 0.29) is 12.2 Å². The van der Waals surface area contributed by atoms with Crippen molar-refractivity contribution >= 4 is 10.1 Å². The minimum absolute atomic E-state index is 0.114. The zero-order chi connectivity index (χ0) is 15.7. The van der Waals surface area contributed by atoms with Gasteiger partial charge in [0.25, 0.3) is 0 Å². The predicted octanol–water partition coefficient (Wildman–Crippen LogP) is 1.54. The maximum absolute atomic E-state index is 12.2. The van der Waals surface area contributed by atoms with Crippen LogP contribution in [0.1, 0.15) is 19.3 Å². The lowest BCUT2D eigenvalue weighted by atomic mass is 10.0. The second-order valence-electron chi connectivity index (χ2n) is 5.43. The van der Waals surface area contributed by atoms with Crippen LogP contribution in [0.25, 0.3) is 0 Å². The van der Waals surface area contributed by atoms with Crippen molar-refractivity contribution in [3.05, 3.63) is 11.8 Å². The van der Waals surface area contributed by atoms with E-state index in [4.69, 9.17) is 0 Å². The summed E-state index contributed by atoms with van der Waals surface area (Å²) in [5.74, 6) is -0.114. The fraction of sp³-hybridized carbons (Fsp3) is 0.833. The standard InChI is InChI=1S/C12H19F3N2O3S/c1-16-6-2-10(3-7-16)17-8-4-11(5-9-17)20-21(18,19)12(13,14)15/h4,10H,2-3,5-9H2,1H3. The molecule has 0 bridgehead atoms. The second kappa shape index (κ2) is 6.13. The summed E-state index contributed by atoms with van der Waals surface area (Å²) in [6.45, 7) is 2.94. The van der Waals surface area contributed by atoms with E-state index in [9.17, 15) is 21.6 Å². The molecule has 21 heavy (non-hydrogen) atoms. The van der Waals surface area contributed by atoms with Gasteiger partial charge in [-0.3, -0.25) is 4.90 Å². The molecule has 0 radical (unpaired) electrons. The van der Waals surface area contributed by atoms with Gasteiger partial charge in [0, 0.05) is 25.6 Å². The fourth-order valence-corrected chi connectivity index (χ4v) is 3.15. The Morgan fingerprint density at radius 3 is 2.33 bits per heavy atom. The van der Waals surface area contributed by atoms with Gasteiger partial charge in [-0.05, 0) is 39.1 Å². The van der Waals surface area contributed by atoms with Gasteiger partial charge in [-0.25, -0.2) is 0 Å². The quantitative estimate of drug-likeness (QED) is 0.581. The molecule has 0 saturated carbocycles. The van der Waals surface area contributed by atoms with Gasteiger partial charge >= 0.3 is 15.6 Å². The molecule has 0 unspecified atom stereocenters. The third-order valence-electron chi connectivity index (χ3n) is 3.90. The molecule has 0 aliphatic carbocycles. The molecule has 5 nitrogen and oxygen atoms in total. The zero-order valence-corrected chi connectivity index (χ0v) is 12.6. The van der Waals surface area contributed by atoms with Gasteiger partial charge in [-0.15, -0.1) is 0 Å². The van der Waals surface area contributed by atoms with Crippen molar-refractivity contribution in [2.75, 3.05) is 33.2 Å². The average molecular weight is 328 g/mol. The first kappa shape index (κ1) is 16.6. The minimum atomic E-state index is -5.54. The maximum atomic E-state index is 12.2. The van der Waals surface area contributed by atoms with Crippen LogP contribution in [0.4, 0.5) is 13.2 Å². The van der Waals surface area contributed by atoms with Gasteiger partial charge in [0.15, 0.2) is 0 Å². The average Bonchev–Trinajstić information content (AvgIpc) is 2.39. The van der Waals surface area contributed by atoms with E-state index in [1.54, 1.807) is 0 Å². The third kappa shape index (κ3) is 4.10. The Balaban J connectivity index is 1.91. The molecule has 2 aliphatic heterocycles. The molecule has 122 valence electrons. The predicted molar refractivity (Wildman–Crippen MR) is 70.9 cm³/mol. The molecule has 9 heteroatoms. The van der Waals surface area contributed by atoms with Crippen LogP contribution < -0.4 is 0 Å². The molecular weight excluding hydrogens is 309 g/mol. The number of likely N-dealkylation sites (tertiary alicyclic amines) is 1. The zero-order valence-electron chi connectivity index (χ0n) is 11.8. The fourth-order valence-electron chi connectivity index (χ4n) is 2.62. The summed E-state index contributed by atoms with van der Waals surface area (Å²) in [5, 5.41) is 0. The van der Waals surface area contributed by atoms with Crippen LogP contribution in [-0.4, -0.2) is 63.0 Å². The van der Waals surface area contributed by atoms with Gasteiger partial charge in [0.1, 0.15) is 5.76 Å². The van der Waals surface area contributed by atoms with Gasteiger partial charge in [0.2, 0.25) is 0 Å². The molecule has 1 saturated heterocycles. The van der Waals surface area contributed by atoms with E-state index in [1.807, 2.05) is 0 Å². The van der Waals surface area contributed by atoms with Crippen molar-refractivity contribution < 1.29 is 25.8 Å². The number of hydrogen-bond donors (Lipinski definition) is 0. The van der Waals surface area contributed by atoms with Crippen LogP contribution in [0.2, 0.25) is 0 Å². The second-order valence-corrected chi connectivity index (χ2v) is 6.97. The lowest BCUT2D eigenvalue weighted by Gasteiger charge is -2.38. The Kier molecular flexibility index (Phi) is 4.84. The molecule has 0 aromatic carbocycles. The first-order valence-electron chi connectivity index (χ1n) is 6.81. The van der Waals surface area contributed by atoms with E-state index in [2.05, 4.69) is 21.0 Å². The Hall–Kier alpha value is -0.800. The molecule has 2 rings (SSSR count). The Morgan fingerprint density at radius 2 is 1.86 bits per heavy atom. The smallest absolute Gasteiger partial charge is 0.381 e. The summed E-state index contributed by atoms with van der Waals surface area (Å²) >= 11 is 0. The molecule has 0 aromatic heterocycles. The van der Waals surface area contributed by atoms with Crippen molar-refractivity contribution in [3.8, 4) is 0 Å².